The van der Waals surface area contributed by atoms with E-state index in [-0.39, 0.29) is 5.41 Å². The number of hydrogen-bond acceptors (Lipinski definition) is 1. The van der Waals surface area contributed by atoms with Crippen molar-refractivity contribution < 1.29 is 4.74 Å². The Morgan fingerprint density at radius 3 is 2.50 bits per heavy atom. The monoisotopic (exact) mass is 357 g/mol. The van der Waals surface area contributed by atoms with Gasteiger partial charge in [0.15, 0.2) is 0 Å². The number of hydrogen-bond donors (Lipinski definition) is 1. The molecule has 0 atom stereocenters. The topological polar surface area (TPSA) is 25.0 Å². The van der Waals surface area contributed by atoms with E-state index in [4.69, 9.17) is 4.74 Å². The Bertz CT molecular complexity index is 827. The SMILES string of the molecule is COc1ccc2[nH]c(-c3cccc(C(C)(C)C)c3)cc2c1Br. The van der Waals surface area contributed by atoms with Crippen LogP contribution in [0.15, 0.2) is 46.9 Å². The molecule has 0 saturated heterocycles. The van der Waals surface area contributed by atoms with E-state index < -0.39 is 0 Å². The van der Waals surface area contributed by atoms with Gasteiger partial charge in [0.25, 0.3) is 0 Å². The van der Waals surface area contributed by atoms with E-state index in [9.17, 15) is 0 Å². The third-order valence-electron chi connectivity index (χ3n) is 3.96. The molecule has 1 aromatic heterocycles. The first-order valence-corrected chi connectivity index (χ1v) is 8.15. The fourth-order valence-corrected chi connectivity index (χ4v) is 3.24. The van der Waals surface area contributed by atoms with Crippen LogP contribution in [-0.4, -0.2) is 12.1 Å². The number of H-pyrrole nitrogens is 1. The first kappa shape index (κ1) is 15.2. The number of nitrogens with one attached hydrogen (secondary N) is 1. The van der Waals surface area contributed by atoms with Crippen LogP contribution in [0.2, 0.25) is 0 Å². The highest BCUT2D eigenvalue weighted by Crippen LogP contribution is 2.36. The summed E-state index contributed by atoms with van der Waals surface area (Å²) < 4.78 is 6.36. The summed E-state index contributed by atoms with van der Waals surface area (Å²) in [5, 5.41) is 1.13. The summed E-state index contributed by atoms with van der Waals surface area (Å²) in [5.41, 5.74) is 4.90. The van der Waals surface area contributed by atoms with Gasteiger partial charge in [-0.2, -0.15) is 0 Å². The quantitative estimate of drug-likeness (QED) is 0.606. The van der Waals surface area contributed by atoms with Gasteiger partial charge < -0.3 is 9.72 Å². The van der Waals surface area contributed by atoms with E-state index >= 15 is 0 Å². The van der Waals surface area contributed by atoms with Crippen molar-refractivity contribution in [3.8, 4) is 17.0 Å². The summed E-state index contributed by atoms with van der Waals surface area (Å²) >= 11 is 3.63. The van der Waals surface area contributed by atoms with Gasteiger partial charge in [0.1, 0.15) is 5.75 Å². The van der Waals surface area contributed by atoms with Gasteiger partial charge in [0.2, 0.25) is 0 Å². The predicted molar refractivity (Wildman–Crippen MR) is 96.7 cm³/mol. The lowest BCUT2D eigenvalue weighted by atomic mass is 9.86. The molecule has 0 unspecified atom stereocenters. The summed E-state index contributed by atoms with van der Waals surface area (Å²) in [4.78, 5) is 3.50. The van der Waals surface area contributed by atoms with Gasteiger partial charge in [-0.3, -0.25) is 0 Å². The van der Waals surface area contributed by atoms with E-state index in [0.717, 1.165) is 26.8 Å². The average molecular weight is 358 g/mol. The number of aromatic nitrogens is 1. The minimum atomic E-state index is 0.145. The van der Waals surface area contributed by atoms with Crippen LogP contribution in [-0.2, 0) is 5.41 Å². The fourth-order valence-electron chi connectivity index (χ4n) is 2.61. The number of fused-ring (bicyclic) bond motifs is 1. The molecule has 0 aliphatic heterocycles. The Kier molecular flexibility index (Phi) is 3.77. The Morgan fingerprint density at radius 1 is 1.05 bits per heavy atom. The largest absolute Gasteiger partial charge is 0.496 e. The normalized spacial score (nSPS) is 11.9. The number of benzene rings is 2. The zero-order valence-electron chi connectivity index (χ0n) is 13.3. The van der Waals surface area contributed by atoms with Crippen molar-refractivity contribution in [3.05, 3.63) is 52.5 Å². The second-order valence-electron chi connectivity index (χ2n) is 6.56. The average Bonchev–Trinajstić information content (AvgIpc) is 2.92. The van der Waals surface area contributed by atoms with E-state index in [1.54, 1.807) is 7.11 Å². The molecule has 0 fully saturated rings. The smallest absolute Gasteiger partial charge is 0.133 e. The summed E-state index contributed by atoms with van der Waals surface area (Å²) in [6, 6.07) is 14.9. The molecule has 22 heavy (non-hydrogen) atoms. The lowest BCUT2D eigenvalue weighted by molar-refractivity contribution is 0.413. The highest BCUT2D eigenvalue weighted by atomic mass is 79.9. The zero-order valence-corrected chi connectivity index (χ0v) is 14.9. The zero-order chi connectivity index (χ0) is 15.9. The second kappa shape index (κ2) is 5.47. The summed E-state index contributed by atoms with van der Waals surface area (Å²) in [7, 11) is 1.69. The van der Waals surface area contributed by atoms with Gasteiger partial charge >= 0.3 is 0 Å². The lowest BCUT2D eigenvalue weighted by Crippen LogP contribution is -2.10. The molecule has 2 aromatic carbocycles. The van der Waals surface area contributed by atoms with Crippen LogP contribution >= 0.6 is 15.9 Å². The van der Waals surface area contributed by atoms with Crippen LogP contribution in [0, 0.1) is 0 Å². The Labute approximate surface area is 139 Å². The minimum Gasteiger partial charge on any atom is -0.496 e. The van der Waals surface area contributed by atoms with Crippen molar-refractivity contribution in [1.82, 2.24) is 4.98 Å². The molecule has 114 valence electrons. The Morgan fingerprint density at radius 2 is 1.82 bits per heavy atom. The third kappa shape index (κ3) is 2.66. The maximum atomic E-state index is 5.37. The minimum absolute atomic E-state index is 0.145. The summed E-state index contributed by atoms with van der Waals surface area (Å²) in [5.74, 6) is 0.849. The van der Waals surface area contributed by atoms with Crippen molar-refractivity contribution >= 4 is 26.8 Å². The molecular formula is C19H20BrNO. The Hall–Kier alpha value is -1.74. The van der Waals surface area contributed by atoms with E-state index in [1.165, 1.54) is 11.1 Å². The third-order valence-corrected chi connectivity index (χ3v) is 4.78. The fraction of sp³-hybridized carbons (Fsp3) is 0.263. The maximum absolute atomic E-state index is 5.37. The molecule has 1 heterocycles. The van der Waals surface area contributed by atoms with Crippen LogP contribution in [0.1, 0.15) is 26.3 Å². The highest BCUT2D eigenvalue weighted by molar-refractivity contribution is 9.10. The van der Waals surface area contributed by atoms with Crippen LogP contribution in [0.4, 0.5) is 0 Å². The molecule has 0 aliphatic carbocycles. The van der Waals surface area contributed by atoms with Crippen LogP contribution in [0.5, 0.6) is 5.75 Å². The molecule has 0 aliphatic rings. The van der Waals surface area contributed by atoms with Crippen LogP contribution in [0.25, 0.3) is 22.2 Å². The molecule has 0 amide bonds. The van der Waals surface area contributed by atoms with Gasteiger partial charge in [0, 0.05) is 16.6 Å². The van der Waals surface area contributed by atoms with Gasteiger partial charge in [-0.05, 0) is 56.7 Å². The molecule has 1 N–H and O–H groups in total. The first-order valence-electron chi connectivity index (χ1n) is 7.36. The van der Waals surface area contributed by atoms with Gasteiger partial charge in [-0.15, -0.1) is 0 Å². The van der Waals surface area contributed by atoms with E-state index in [2.05, 4.69) is 78.1 Å². The maximum Gasteiger partial charge on any atom is 0.133 e. The standard InChI is InChI=1S/C19H20BrNO/c1-19(2,3)13-7-5-6-12(10-13)16-11-14-15(21-16)8-9-17(22-4)18(14)20/h5-11,21H,1-4H3. The number of methoxy groups -OCH3 is 1. The second-order valence-corrected chi connectivity index (χ2v) is 7.35. The van der Waals surface area contributed by atoms with Crippen molar-refractivity contribution in [3.63, 3.8) is 0 Å². The number of halogens is 1. The lowest BCUT2D eigenvalue weighted by Gasteiger charge is -2.19. The van der Waals surface area contributed by atoms with Gasteiger partial charge in [-0.25, -0.2) is 0 Å². The highest BCUT2D eigenvalue weighted by Gasteiger charge is 2.15. The number of aromatic amines is 1. The van der Waals surface area contributed by atoms with Gasteiger partial charge in [-0.1, -0.05) is 39.0 Å². The van der Waals surface area contributed by atoms with Crippen molar-refractivity contribution in [2.24, 2.45) is 0 Å². The number of ether oxygens (including phenoxy) is 1. The van der Waals surface area contributed by atoms with Crippen molar-refractivity contribution in [2.45, 2.75) is 26.2 Å². The molecule has 3 heteroatoms. The van der Waals surface area contributed by atoms with Crippen LogP contribution < -0.4 is 4.74 Å². The summed E-state index contributed by atoms with van der Waals surface area (Å²) in [6.45, 7) is 6.70. The molecular weight excluding hydrogens is 338 g/mol. The van der Waals surface area contributed by atoms with E-state index in [1.807, 2.05) is 6.07 Å². The molecule has 0 radical (unpaired) electrons. The molecule has 0 saturated carbocycles. The predicted octanol–water partition coefficient (Wildman–Crippen LogP) is 5.90. The summed E-state index contributed by atoms with van der Waals surface area (Å²) in [6.07, 6.45) is 0. The van der Waals surface area contributed by atoms with E-state index in [0.29, 0.717) is 0 Å². The van der Waals surface area contributed by atoms with Gasteiger partial charge in [0.05, 0.1) is 11.6 Å². The number of rotatable bonds is 2. The van der Waals surface area contributed by atoms with Crippen molar-refractivity contribution in [2.75, 3.05) is 7.11 Å². The molecule has 0 bridgehead atoms. The first-order chi connectivity index (χ1) is 10.4. The molecule has 3 aromatic rings. The molecule has 0 spiro atoms. The molecule has 3 rings (SSSR count). The Balaban J connectivity index is 2.13. The van der Waals surface area contributed by atoms with Crippen molar-refractivity contribution in [1.29, 1.82) is 0 Å². The molecule has 2 nitrogen and oxygen atoms in total. The van der Waals surface area contributed by atoms with Crippen LogP contribution in [0.3, 0.4) is 0 Å².